The van der Waals surface area contributed by atoms with Crippen molar-refractivity contribution in [2.75, 3.05) is 25.0 Å². The standard InChI is InChI=1S/C14H14ClFN4O/c15-10-6-18-14(19-7-10)20-12-2-1-9(5-11(12)16)13-8-17-3-4-21-13/h1-2,5-7,13,17H,3-4,8H2,(H,18,19,20)/t13-/m1/s1. The molecule has 0 amide bonds. The van der Waals surface area contributed by atoms with Gasteiger partial charge in [0.15, 0.2) is 0 Å². The fourth-order valence-corrected chi connectivity index (χ4v) is 2.21. The van der Waals surface area contributed by atoms with Crippen LogP contribution in [0.3, 0.4) is 0 Å². The van der Waals surface area contributed by atoms with Gasteiger partial charge in [-0.1, -0.05) is 17.7 Å². The Labute approximate surface area is 126 Å². The maximum Gasteiger partial charge on any atom is 0.227 e. The summed E-state index contributed by atoms with van der Waals surface area (Å²) in [7, 11) is 0. The molecule has 1 aliphatic heterocycles. The fraction of sp³-hybridized carbons (Fsp3) is 0.286. The lowest BCUT2D eigenvalue weighted by Gasteiger charge is -2.24. The van der Waals surface area contributed by atoms with E-state index < -0.39 is 0 Å². The van der Waals surface area contributed by atoms with Crippen LogP contribution in [0.1, 0.15) is 11.7 Å². The topological polar surface area (TPSA) is 59.1 Å². The van der Waals surface area contributed by atoms with Gasteiger partial charge in [0.05, 0.1) is 35.8 Å². The summed E-state index contributed by atoms with van der Waals surface area (Å²) in [5.74, 6) is -0.0816. The average molecular weight is 309 g/mol. The summed E-state index contributed by atoms with van der Waals surface area (Å²) in [4.78, 5) is 7.94. The second-order valence-corrected chi connectivity index (χ2v) is 5.09. The lowest BCUT2D eigenvalue weighted by atomic mass is 10.1. The summed E-state index contributed by atoms with van der Waals surface area (Å²) >= 11 is 5.71. The zero-order valence-electron chi connectivity index (χ0n) is 11.1. The number of aromatic nitrogens is 2. The van der Waals surface area contributed by atoms with Crippen LogP contribution >= 0.6 is 11.6 Å². The van der Waals surface area contributed by atoms with E-state index in [1.165, 1.54) is 18.5 Å². The van der Waals surface area contributed by atoms with Gasteiger partial charge in [0.2, 0.25) is 5.95 Å². The van der Waals surface area contributed by atoms with E-state index in [0.717, 1.165) is 12.1 Å². The molecular formula is C14H14ClFN4O. The van der Waals surface area contributed by atoms with Gasteiger partial charge in [-0.05, 0) is 17.7 Å². The van der Waals surface area contributed by atoms with Crippen molar-refractivity contribution in [3.8, 4) is 0 Å². The van der Waals surface area contributed by atoms with E-state index in [0.29, 0.717) is 29.8 Å². The molecule has 2 N–H and O–H groups in total. The molecule has 110 valence electrons. The molecule has 1 fully saturated rings. The van der Waals surface area contributed by atoms with Gasteiger partial charge in [-0.25, -0.2) is 14.4 Å². The van der Waals surface area contributed by atoms with Crippen LogP contribution in [-0.4, -0.2) is 29.7 Å². The first-order valence-electron chi connectivity index (χ1n) is 6.59. The minimum atomic E-state index is -0.375. The first-order chi connectivity index (χ1) is 10.2. The van der Waals surface area contributed by atoms with Crippen molar-refractivity contribution in [2.24, 2.45) is 0 Å². The average Bonchev–Trinajstić information content (AvgIpc) is 2.52. The molecule has 0 spiro atoms. The number of ether oxygens (including phenoxy) is 1. The first kappa shape index (κ1) is 14.2. The van der Waals surface area contributed by atoms with E-state index in [9.17, 15) is 4.39 Å². The number of rotatable bonds is 3. The Bertz CT molecular complexity index is 617. The molecule has 0 bridgehead atoms. The fourth-order valence-electron chi connectivity index (χ4n) is 2.11. The molecule has 1 aliphatic rings. The van der Waals surface area contributed by atoms with Crippen LogP contribution in [0, 0.1) is 5.82 Å². The molecule has 7 heteroatoms. The van der Waals surface area contributed by atoms with Crippen molar-refractivity contribution >= 4 is 23.2 Å². The maximum atomic E-state index is 14.1. The van der Waals surface area contributed by atoms with Gasteiger partial charge in [-0.2, -0.15) is 0 Å². The van der Waals surface area contributed by atoms with Crippen LogP contribution in [0.15, 0.2) is 30.6 Å². The molecule has 2 heterocycles. The zero-order valence-corrected chi connectivity index (χ0v) is 11.9. The highest BCUT2D eigenvalue weighted by Crippen LogP contribution is 2.25. The number of hydrogen-bond acceptors (Lipinski definition) is 5. The van der Waals surface area contributed by atoms with Gasteiger partial charge in [0, 0.05) is 13.1 Å². The summed E-state index contributed by atoms with van der Waals surface area (Å²) < 4.78 is 19.8. The first-order valence-corrected chi connectivity index (χ1v) is 6.96. The van der Waals surface area contributed by atoms with E-state index in [1.807, 2.05) is 6.07 Å². The molecule has 1 atom stereocenters. The van der Waals surface area contributed by atoms with Gasteiger partial charge in [0.1, 0.15) is 5.82 Å². The Hall–Kier alpha value is -1.76. The minimum absolute atomic E-state index is 0.117. The maximum absolute atomic E-state index is 14.1. The summed E-state index contributed by atoms with van der Waals surface area (Å²) in [5.41, 5.74) is 1.12. The van der Waals surface area contributed by atoms with Crippen molar-refractivity contribution in [1.29, 1.82) is 0 Å². The van der Waals surface area contributed by atoms with Crippen LogP contribution in [0.2, 0.25) is 5.02 Å². The SMILES string of the molecule is Fc1cc([C@H]2CNCCO2)ccc1Nc1ncc(Cl)cn1. The number of anilines is 2. The molecule has 2 aromatic rings. The van der Waals surface area contributed by atoms with Gasteiger partial charge >= 0.3 is 0 Å². The molecular weight excluding hydrogens is 295 g/mol. The Balaban J connectivity index is 1.76. The largest absolute Gasteiger partial charge is 0.371 e. The lowest BCUT2D eigenvalue weighted by molar-refractivity contribution is 0.0275. The van der Waals surface area contributed by atoms with Gasteiger partial charge in [-0.3, -0.25) is 0 Å². The van der Waals surface area contributed by atoms with E-state index in [1.54, 1.807) is 6.07 Å². The molecule has 21 heavy (non-hydrogen) atoms. The summed E-state index contributed by atoms with van der Waals surface area (Å²) in [6, 6.07) is 4.95. The predicted octanol–water partition coefficient (Wildman–Crippen LogP) is 2.67. The van der Waals surface area contributed by atoms with Crippen molar-refractivity contribution in [2.45, 2.75) is 6.10 Å². The number of benzene rings is 1. The molecule has 0 unspecified atom stereocenters. The third kappa shape index (κ3) is 3.47. The van der Waals surface area contributed by atoms with E-state index in [2.05, 4.69) is 20.6 Å². The van der Waals surface area contributed by atoms with E-state index >= 15 is 0 Å². The van der Waals surface area contributed by atoms with Gasteiger partial charge in [-0.15, -0.1) is 0 Å². The van der Waals surface area contributed by atoms with Crippen LogP contribution in [-0.2, 0) is 4.74 Å². The minimum Gasteiger partial charge on any atom is -0.371 e. The highest BCUT2D eigenvalue weighted by atomic mass is 35.5. The smallest absolute Gasteiger partial charge is 0.227 e. The summed E-state index contributed by atoms with van der Waals surface area (Å²) in [6.45, 7) is 2.14. The molecule has 1 aromatic heterocycles. The second kappa shape index (κ2) is 6.34. The Kier molecular flexibility index (Phi) is 4.28. The second-order valence-electron chi connectivity index (χ2n) is 4.65. The number of morpholine rings is 1. The van der Waals surface area contributed by atoms with Crippen molar-refractivity contribution in [3.05, 3.63) is 47.0 Å². The van der Waals surface area contributed by atoms with Crippen LogP contribution in [0.25, 0.3) is 0 Å². The Morgan fingerprint density at radius 3 is 2.81 bits per heavy atom. The Morgan fingerprint density at radius 2 is 2.14 bits per heavy atom. The molecule has 3 rings (SSSR count). The van der Waals surface area contributed by atoms with Crippen molar-refractivity contribution in [1.82, 2.24) is 15.3 Å². The zero-order chi connectivity index (χ0) is 14.7. The normalized spacial score (nSPS) is 18.5. The van der Waals surface area contributed by atoms with Gasteiger partial charge in [0.25, 0.3) is 0 Å². The van der Waals surface area contributed by atoms with Crippen molar-refractivity contribution < 1.29 is 9.13 Å². The third-order valence-corrected chi connectivity index (χ3v) is 3.35. The third-order valence-electron chi connectivity index (χ3n) is 3.16. The lowest BCUT2D eigenvalue weighted by Crippen LogP contribution is -2.33. The number of nitrogens with one attached hydrogen (secondary N) is 2. The molecule has 0 radical (unpaired) electrons. The Morgan fingerprint density at radius 1 is 1.33 bits per heavy atom. The van der Waals surface area contributed by atoms with Crippen LogP contribution in [0.4, 0.5) is 16.0 Å². The predicted molar refractivity (Wildman–Crippen MR) is 78.3 cm³/mol. The molecule has 0 aliphatic carbocycles. The van der Waals surface area contributed by atoms with Gasteiger partial charge < -0.3 is 15.4 Å². The molecule has 5 nitrogen and oxygen atoms in total. The quantitative estimate of drug-likeness (QED) is 0.913. The summed E-state index contributed by atoms with van der Waals surface area (Å²) in [6.07, 6.45) is 2.78. The summed E-state index contributed by atoms with van der Waals surface area (Å²) in [5, 5.41) is 6.46. The van der Waals surface area contributed by atoms with E-state index in [-0.39, 0.29) is 11.9 Å². The monoisotopic (exact) mass is 308 g/mol. The number of halogens is 2. The number of nitrogens with zero attached hydrogens (tertiary/aromatic N) is 2. The van der Waals surface area contributed by atoms with Crippen LogP contribution < -0.4 is 10.6 Å². The highest BCUT2D eigenvalue weighted by Gasteiger charge is 2.17. The van der Waals surface area contributed by atoms with Crippen molar-refractivity contribution in [3.63, 3.8) is 0 Å². The van der Waals surface area contributed by atoms with Crippen LogP contribution in [0.5, 0.6) is 0 Å². The highest BCUT2D eigenvalue weighted by molar-refractivity contribution is 6.30. The van der Waals surface area contributed by atoms with E-state index in [4.69, 9.17) is 16.3 Å². The molecule has 1 aromatic carbocycles. The molecule has 1 saturated heterocycles. The number of hydrogen-bond donors (Lipinski definition) is 2. The molecule has 0 saturated carbocycles.